The minimum absolute atomic E-state index is 0.0828. The van der Waals surface area contributed by atoms with Crippen LogP contribution in [0.1, 0.15) is 63.1 Å². The van der Waals surface area contributed by atoms with Gasteiger partial charge in [0.25, 0.3) is 0 Å². The van der Waals surface area contributed by atoms with Gasteiger partial charge in [0, 0.05) is 13.5 Å². The molecule has 0 N–H and O–H groups in total. The first-order valence-electron chi connectivity index (χ1n) is 8.99. The normalized spacial score (nSPS) is 37.1. The highest BCUT2D eigenvalue weighted by Crippen LogP contribution is 2.56. The molecule has 3 atom stereocenters. The lowest BCUT2D eigenvalue weighted by Gasteiger charge is -2.48. The molecule has 1 aromatic rings. The highest BCUT2D eigenvalue weighted by Gasteiger charge is 2.59. The second-order valence-corrected chi connectivity index (χ2v) is 7.37. The van der Waals surface area contributed by atoms with Crippen LogP contribution in [0.5, 0.6) is 0 Å². The van der Waals surface area contributed by atoms with Crippen molar-refractivity contribution in [3.8, 4) is 0 Å². The Balaban J connectivity index is 1.52. The maximum absolute atomic E-state index is 5.88. The molecule has 1 aliphatic heterocycles. The Morgan fingerprint density at radius 1 is 1.18 bits per heavy atom. The summed E-state index contributed by atoms with van der Waals surface area (Å²) in [7, 11) is 0. The molecule has 4 nitrogen and oxygen atoms in total. The van der Waals surface area contributed by atoms with Crippen LogP contribution in [0.4, 0.5) is 0 Å². The van der Waals surface area contributed by atoms with Crippen LogP contribution in [-0.4, -0.2) is 28.2 Å². The Morgan fingerprint density at radius 2 is 2.09 bits per heavy atom. The number of likely N-dealkylation sites (tertiary alicyclic amines) is 1. The Hall–Kier alpha value is -1.16. The predicted octanol–water partition coefficient (Wildman–Crippen LogP) is 3.83. The molecule has 2 heterocycles. The van der Waals surface area contributed by atoms with Gasteiger partial charge in [-0.05, 0) is 69.7 Å². The predicted molar refractivity (Wildman–Crippen MR) is 85.3 cm³/mol. The summed E-state index contributed by atoms with van der Waals surface area (Å²) < 4.78 is 5.88. The number of aryl methyl sites for hydroxylation is 1. The molecule has 0 radical (unpaired) electrons. The number of hydrogen-bond acceptors (Lipinski definition) is 4. The average Bonchev–Trinajstić information content (AvgIpc) is 2.96. The first-order chi connectivity index (χ1) is 10.8. The van der Waals surface area contributed by atoms with E-state index in [0.717, 1.165) is 17.7 Å². The zero-order chi connectivity index (χ0) is 15.0. The molecule has 1 aromatic heterocycles. The quantitative estimate of drug-likeness (QED) is 0.796. The highest BCUT2D eigenvalue weighted by molar-refractivity contribution is 5.16. The maximum atomic E-state index is 5.88. The zero-order valence-corrected chi connectivity index (χ0v) is 13.6. The van der Waals surface area contributed by atoms with Crippen molar-refractivity contribution in [1.29, 1.82) is 0 Å². The molecular weight excluding hydrogens is 274 g/mol. The standard InChI is InChI=1S/C18H27N3O/c1-14-19-20-17(22-14)18-11-9-16(18)10-12-21(18)13-15-7-5-3-2-4-6-8-15/h2-3,15-16H,4-13H2,1H3/b3-2-/t15?,16-,18-/m0/s1. The van der Waals surface area contributed by atoms with Gasteiger partial charge in [-0.15, -0.1) is 10.2 Å². The third-order valence-corrected chi connectivity index (χ3v) is 6.13. The van der Waals surface area contributed by atoms with Crippen molar-refractivity contribution in [2.45, 2.75) is 63.8 Å². The van der Waals surface area contributed by atoms with Crippen molar-refractivity contribution in [1.82, 2.24) is 15.1 Å². The molecule has 1 saturated heterocycles. The van der Waals surface area contributed by atoms with Gasteiger partial charge in [-0.25, -0.2) is 0 Å². The van der Waals surface area contributed by atoms with E-state index in [1.165, 1.54) is 64.5 Å². The van der Waals surface area contributed by atoms with E-state index < -0.39 is 0 Å². The Labute approximate surface area is 133 Å². The number of nitrogens with zero attached hydrogens (tertiary/aromatic N) is 3. The van der Waals surface area contributed by atoms with Crippen LogP contribution in [0.3, 0.4) is 0 Å². The van der Waals surface area contributed by atoms with Gasteiger partial charge >= 0.3 is 0 Å². The summed E-state index contributed by atoms with van der Waals surface area (Å²) in [6.45, 7) is 4.32. The fourth-order valence-electron chi connectivity index (χ4n) is 4.81. The molecule has 0 amide bonds. The van der Waals surface area contributed by atoms with E-state index in [1.807, 2.05) is 6.92 Å². The topological polar surface area (TPSA) is 42.2 Å². The van der Waals surface area contributed by atoms with Crippen LogP contribution >= 0.6 is 0 Å². The van der Waals surface area contributed by atoms with Gasteiger partial charge in [0.15, 0.2) is 0 Å². The SMILES string of the molecule is Cc1nnc([C@]23CC[C@H]2CCN3CC2CC/C=C\CCC2)o1. The molecule has 0 spiro atoms. The first-order valence-corrected chi connectivity index (χ1v) is 8.99. The molecule has 120 valence electrons. The molecule has 4 heteroatoms. The summed E-state index contributed by atoms with van der Waals surface area (Å²) in [6, 6.07) is 0. The number of rotatable bonds is 3. The van der Waals surface area contributed by atoms with Gasteiger partial charge in [-0.1, -0.05) is 12.2 Å². The molecule has 0 bridgehead atoms. The van der Waals surface area contributed by atoms with E-state index in [1.54, 1.807) is 0 Å². The van der Waals surface area contributed by atoms with E-state index in [2.05, 4.69) is 27.2 Å². The largest absolute Gasteiger partial charge is 0.424 e. The lowest BCUT2D eigenvalue weighted by molar-refractivity contribution is -0.0205. The van der Waals surface area contributed by atoms with Crippen LogP contribution in [0.25, 0.3) is 0 Å². The van der Waals surface area contributed by atoms with Gasteiger partial charge < -0.3 is 4.42 Å². The third-order valence-electron chi connectivity index (χ3n) is 6.13. The van der Waals surface area contributed by atoms with Crippen LogP contribution in [0, 0.1) is 18.8 Å². The summed E-state index contributed by atoms with van der Waals surface area (Å²) in [6.07, 6.45) is 15.1. The molecular formula is C18H27N3O. The monoisotopic (exact) mass is 301 g/mol. The minimum Gasteiger partial charge on any atom is -0.424 e. The lowest BCUT2D eigenvalue weighted by atomic mass is 9.67. The van der Waals surface area contributed by atoms with Crippen molar-refractivity contribution < 1.29 is 4.42 Å². The summed E-state index contributed by atoms with van der Waals surface area (Å²) in [4.78, 5) is 2.70. The highest BCUT2D eigenvalue weighted by atomic mass is 16.4. The van der Waals surface area contributed by atoms with Gasteiger partial charge in [0.05, 0.1) is 0 Å². The Morgan fingerprint density at radius 3 is 2.86 bits per heavy atom. The number of aromatic nitrogens is 2. The molecule has 2 aliphatic carbocycles. The zero-order valence-electron chi connectivity index (χ0n) is 13.6. The molecule has 0 aromatic carbocycles. The van der Waals surface area contributed by atoms with Crippen molar-refractivity contribution in [2.75, 3.05) is 13.1 Å². The Bertz CT molecular complexity index is 552. The van der Waals surface area contributed by atoms with Gasteiger partial charge in [-0.3, -0.25) is 4.90 Å². The summed E-state index contributed by atoms with van der Waals surface area (Å²) in [5.41, 5.74) is 0.0828. The van der Waals surface area contributed by atoms with Gasteiger partial charge in [0.2, 0.25) is 11.8 Å². The number of allylic oxidation sites excluding steroid dienone is 2. The Kier molecular flexibility index (Phi) is 3.81. The summed E-state index contributed by atoms with van der Waals surface area (Å²) in [5.74, 6) is 3.16. The fourth-order valence-corrected chi connectivity index (χ4v) is 4.81. The second kappa shape index (κ2) is 5.80. The fraction of sp³-hybridized carbons (Fsp3) is 0.778. The van der Waals surface area contributed by atoms with E-state index in [-0.39, 0.29) is 5.54 Å². The van der Waals surface area contributed by atoms with Crippen molar-refractivity contribution in [3.63, 3.8) is 0 Å². The number of fused-ring (bicyclic) bond motifs is 1. The third kappa shape index (κ3) is 2.32. The summed E-state index contributed by atoms with van der Waals surface area (Å²) >= 11 is 0. The lowest BCUT2D eigenvalue weighted by Crippen LogP contribution is -2.53. The van der Waals surface area contributed by atoms with E-state index in [0.29, 0.717) is 5.89 Å². The first kappa shape index (κ1) is 14.4. The molecule has 1 saturated carbocycles. The van der Waals surface area contributed by atoms with E-state index >= 15 is 0 Å². The molecule has 1 unspecified atom stereocenters. The van der Waals surface area contributed by atoms with Crippen LogP contribution in [-0.2, 0) is 5.54 Å². The second-order valence-electron chi connectivity index (χ2n) is 7.37. The summed E-state index contributed by atoms with van der Waals surface area (Å²) in [5, 5.41) is 8.51. The van der Waals surface area contributed by atoms with E-state index in [4.69, 9.17) is 4.42 Å². The van der Waals surface area contributed by atoms with Gasteiger partial charge in [-0.2, -0.15) is 0 Å². The maximum Gasteiger partial charge on any atom is 0.236 e. The van der Waals surface area contributed by atoms with Crippen molar-refractivity contribution >= 4 is 0 Å². The number of hydrogen-bond donors (Lipinski definition) is 0. The minimum atomic E-state index is 0.0828. The molecule has 4 rings (SSSR count). The van der Waals surface area contributed by atoms with Gasteiger partial charge in [0.1, 0.15) is 5.54 Å². The van der Waals surface area contributed by atoms with Crippen LogP contribution < -0.4 is 0 Å². The van der Waals surface area contributed by atoms with Crippen LogP contribution in [0.15, 0.2) is 16.6 Å². The molecule has 2 fully saturated rings. The van der Waals surface area contributed by atoms with Crippen LogP contribution in [0.2, 0.25) is 0 Å². The van der Waals surface area contributed by atoms with Crippen molar-refractivity contribution in [2.24, 2.45) is 11.8 Å². The molecule has 22 heavy (non-hydrogen) atoms. The van der Waals surface area contributed by atoms with E-state index in [9.17, 15) is 0 Å². The smallest absolute Gasteiger partial charge is 0.236 e. The average molecular weight is 301 g/mol. The van der Waals surface area contributed by atoms with Crippen molar-refractivity contribution in [3.05, 3.63) is 23.9 Å². The molecule has 3 aliphatic rings.